The Morgan fingerprint density at radius 1 is 1.36 bits per heavy atom. The van der Waals surface area contributed by atoms with E-state index in [1.165, 1.54) is 0 Å². The molecule has 1 aliphatic carbocycles. The quantitative estimate of drug-likeness (QED) is 0.761. The largest absolute Gasteiger partial charge is 0.309 e. The average Bonchev–Trinajstić information content (AvgIpc) is 2.91. The molecular formula is C10H12BrFN2. The van der Waals surface area contributed by atoms with Crippen molar-refractivity contribution in [1.82, 2.24) is 9.97 Å². The SMILES string of the molecule is CC(C)c1nc(F)nc(C2CC2)c1Br. The molecule has 0 saturated heterocycles. The molecule has 0 spiro atoms. The molecule has 0 amide bonds. The van der Waals surface area contributed by atoms with Gasteiger partial charge in [0.25, 0.3) is 0 Å². The molecule has 1 aromatic rings. The van der Waals surface area contributed by atoms with E-state index in [4.69, 9.17) is 0 Å². The maximum absolute atomic E-state index is 13.1. The van der Waals surface area contributed by atoms with Crippen molar-refractivity contribution >= 4 is 15.9 Å². The van der Waals surface area contributed by atoms with Crippen molar-refractivity contribution in [3.05, 3.63) is 21.9 Å². The standard InChI is InChI=1S/C10H12BrFN2/c1-5(2)8-7(11)9(6-3-4-6)14-10(12)13-8/h5-6H,3-4H2,1-2H3. The Balaban J connectivity index is 2.49. The Morgan fingerprint density at radius 2 is 2.00 bits per heavy atom. The zero-order chi connectivity index (χ0) is 10.3. The van der Waals surface area contributed by atoms with Gasteiger partial charge in [-0.2, -0.15) is 4.39 Å². The van der Waals surface area contributed by atoms with Crippen molar-refractivity contribution in [3.63, 3.8) is 0 Å². The molecule has 1 aliphatic rings. The van der Waals surface area contributed by atoms with Crippen LogP contribution in [-0.2, 0) is 0 Å². The molecule has 4 heteroatoms. The van der Waals surface area contributed by atoms with Crippen LogP contribution in [0.3, 0.4) is 0 Å². The third-order valence-electron chi connectivity index (χ3n) is 2.39. The van der Waals surface area contributed by atoms with Crippen molar-refractivity contribution in [2.45, 2.75) is 38.5 Å². The molecule has 0 atom stereocenters. The van der Waals surface area contributed by atoms with Crippen LogP contribution in [0.2, 0.25) is 0 Å². The molecule has 0 radical (unpaired) electrons. The van der Waals surface area contributed by atoms with E-state index in [9.17, 15) is 4.39 Å². The number of rotatable bonds is 2. The highest BCUT2D eigenvalue weighted by Gasteiger charge is 2.29. The van der Waals surface area contributed by atoms with Crippen LogP contribution in [0.15, 0.2) is 4.47 Å². The first-order valence-electron chi connectivity index (χ1n) is 4.82. The summed E-state index contributed by atoms with van der Waals surface area (Å²) in [6.07, 6.45) is 1.64. The Morgan fingerprint density at radius 3 is 2.50 bits per heavy atom. The minimum Gasteiger partial charge on any atom is -0.206 e. The Bertz CT molecular complexity index is 338. The summed E-state index contributed by atoms with van der Waals surface area (Å²) in [5.74, 6) is 0.666. The van der Waals surface area contributed by atoms with Gasteiger partial charge in [-0.3, -0.25) is 0 Å². The van der Waals surface area contributed by atoms with Crippen LogP contribution < -0.4 is 0 Å². The van der Waals surface area contributed by atoms with E-state index in [2.05, 4.69) is 25.9 Å². The van der Waals surface area contributed by atoms with Gasteiger partial charge in [0.05, 0.1) is 15.9 Å². The van der Waals surface area contributed by atoms with E-state index in [1.54, 1.807) is 0 Å². The van der Waals surface area contributed by atoms with Crippen LogP contribution >= 0.6 is 15.9 Å². The minimum absolute atomic E-state index is 0.222. The fourth-order valence-corrected chi connectivity index (χ4v) is 2.42. The van der Waals surface area contributed by atoms with Crippen LogP contribution in [0, 0.1) is 6.08 Å². The maximum atomic E-state index is 13.1. The van der Waals surface area contributed by atoms with Crippen molar-refractivity contribution < 1.29 is 4.39 Å². The summed E-state index contributed by atoms with van der Waals surface area (Å²) in [4.78, 5) is 7.67. The Hall–Kier alpha value is -0.510. The van der Waals surface area contributed by atoms with E-state index in [0.29, 0.717) is 5.92 Å². The number of hydrogen-bond acceptors (Lipinski definition) is 2. The van der Waals surface area contributed by atoms with Crippen molar-refractivity contribution in [3.8, 4) is 0 Å². The van der Waals surface area contributed by atoms with Crippen molar-refractivity contribution in [2.24, 2.45) is 0 Å². The van der Waals surface area contributed by atoms with Gasteiger partial charge in [0.15, 0.2) is 0 Å². The van der Waals surface area contributed by atoms with Gasteiger partial charge < -0.3 is 0 Å². The summed E-state index contributed by atoms with van der Waals surface area (Å²) in [5.41, 5.74) is 1.63. The van der Waals surface area contributed by atoms with E-state index >= 15 is 0 Å². The highest BCUT2D eigenvalue weighted by Crippen LogP contribution is 2.43. The van der Waals surface area contributed by atoms with Crippen LogP contribution in [0.1, 0.15) is 49.9 Å². The number of hydrogen-bond donors (Lipinski definition) is 0. The summed E-state index contributed by atoms with van der Waals surface area (Å²) in [7, 11) is 0. The first-order valence-corrected chi connectivity index (χ1v) is 5.61. The summed E-state index contributed by atoms with van der Waals surface area (Å²) < 4.78 is 14.0. The van der Waals surface area contributed by atoms with Gasteiger partial charge >= 0.3 is 6.08 Å². The van der Waals surface area contributed by atoms with Gasteiger partial charge in [-0.1, -0.05) is 13.8 Å². The van der Waals surface area contributed by atoms with Crippen molar-refractivity contribution in [2.75, 3.05) is 0 Å². The van der Waals surface area contributed by atoms with E-state index in [0.717, 1.165) is 28.7 Å². The fraction of sp³-hybridized carbons (Fsp3) is 0.600. The highest BCUT2D eigenvalue weighted by atomic mass is 79.9. The van der Waals surface area contributed by atoms with Crippen molar-refractivity contribution in [1.29, 1.82) is 0 Å². The second kappa shape index (κ2) is 3.57. The summed E-state index contributed by atoms with van der Waals surface area (Å²) in [6, 6.07) is 0. The topological polar surface area (TPSA) is 25.8 Å². The fourth-order valence-electron chi connectivity index (χ4n) is 1.46. The summed E-state index contributed by atoms with van der Waals surface area (Å²) in [5, 5.41) is 0. The number of halogens is 2. The second-order valence-electron chi connectivity index (χ2n) is 4.01. The normalized spacial score (nSPS) is 16.4. The molecule has 76 valence electrons. The number of aromatic nitrogens is 2. The molecule has 1 aromatic heterocycles. The predicted molar refractivity (Wildman–Crippen MR) is 55.8 cm³/mol. The molecule has 1 heterocycles. The second-order valence-corrected chi connectivity index (χ2v) is 4.80. The molecule has 0 unspecified atom stereocenters. The predicted octanol–water partition coefficient (Wildman–Crippen LogP) is 3.38. The average molecular weight is 259 g/mol. The Kier molecular flexibility index (Phi) is 2.56. The smallest absolute Gasteiger partial charge is 0.206 e. The lowest BCUT2D eigenvalue weighted by Gasteiger charge is -2.10. The van der Waals surface area contributed by atoms with Crippen LogP contribution in [0.25, 0.3) is 0 Å². The lowest BCUT2D eigenvalue weighted by molar-refractivity contribution is 0.519. The molecule has 0 aliphatic heterocycles. The molecular weight excluding hydrogens is 247 g/mol. The summed E-state index contributed by atoms with van der Waals surface area (Å²) in [6.45, 7) is 4.01. The summed E-state index contributed by atoms with van der Waals surface area (Å²) >= 11 is 3.46. The lowest BCUT2D eigenvalue weighted by atomic mass is 10.1. The molecule has 0 aromatic carbocycles. The molecule has 1 saturated carbocycles. The van der Waals surface area contributed by atoms with Gasteiger partial charge in [-0.25, -0.2) is 9.97 Å². The molecule has 0 N–H and O–H groups in total. The monoisotopic (exact) mass is 258 g/mol. The van der Waals surface area contributed by atoms with Crippen LogP contribution in [-0.4, -0.2) is 9.97 Å². The van der Waals surface area contributed by atoms with Gasteiger partial charge in [0.1, 0.15) is 0 Å². The van der Waals surface area contributed by atoms with Crippen LogP contribution in [0.4, 0.5) is 4.39 Å². The molecule has 2 rings (SSSR count). The van der Waals surface area contributed by atoms with Gasteiger partial charge in [0.2, 0.25) is 0 Å². The van der Waals surface area contributed by atoms with E-state index in [-0.39, 0.29) is 5.92 Å². The minimum atomic E-state index is -0.598. The zero-order valence-electron chi connectivity index (χ0n) is 8.22. The first kappa shape index (κ1) is 10.0. The van der Waals surface area contributed by atoms with E-state index < -0.39 is 6.08 Å². The first-order chi connectivity index (χ1) is 6.59. The van der Waals surface area contributed by atoms with Gasteiger partial charge in [-0.15, -0.1) is 0 Å². The third kappa shape index (κ3) is 1.80. The maximum Gasteiger partial charge on any atom is 0.309 e. The lowest BCUT2D eigenvalue weighted by Crippen LogP contribution is -2.04. The molecule has 14 heavy (non-hydrogen) atoms. The van der Waals surface area contributed by atoms with Gasteiger partial charge in [-0.05, 0) is 34.7 Å². The van der Waals surface area contributed by atoms with E-state index in [1.807, 2.05) is 13.8 Å². The van der Waals surface area contributed by atoms with Gasteiger partial charge in [0, 0.05) is 5.92 Å². The molecule has 1 fully saturated rings. The zero-order valence-corrected chi connectivity index (χ0v) is 9.81. The molecule has 2 nitrogen and oxygen atoms in total. The number of nitrogens with zero attached hydrogens (tertiary/aromatic N) is 2. The highest BCUT2D eigenvalue weighted by molar-refractivity contribution is 9.10. The van der Waals surface area contributed by atoms with Crippen LogP contribution in [0.5, 0.6) is 0 Å². The molecule has 0 bridgehead atoms. The Labute approximate surface area is 91.1 Å². The third-order valence-corrected chi connectivity index (χ3v) is 3.20.